The number of carbonyl (C=O) groups excluding carboxylic acids is 1. The first-order valence-electron chi connectivity index (χ1n) is 14.2. The minimum absolute atomic E-state index is 0.0683. The van der Waals surface area contributed by atoms with E-state index in [-0.39, 0.29) is 33.9 Å². The molecule has 3 aliphatic carbocycles. The smallest absolute Gasteiger partial charge is 0.305 e. The Balaban J connectivity index is 1.63. The van der Waals surface area contributed by atoms with Crippen molar-refractivity contribution in [2.75, 3.05) is 7.11 Å². The Hall–Kier alpha value is -0.870. The minimum atomic E-state index is -0.786. The maximum Gasteiger partial charge on any atom is 0.305 e. The van der Waals surface area contributed by atoms with E-state index in [1.807, 2.05) is 13.8 Å². The summed E-state index contributed by atoms with van der Waals surface area (Å²) in [4.78, 5) is 12.2. The lowest BCUT2D eigenvalue weighted by molar-refractivity contribution is -0.188. The third kappa shape index (κ3) is 4.13. The number of esters is 1. The molecular formula is C31H52O4. The standard InChI is InChI=1S/C31H52O4/c1-20(2)21-12-18-30(7)24(28(21,5)16-15-26(32)34-9)11-10-22-23(13-17-29(22,30)6)31(8)19-14-25(35-31)27(3,4)33/h21-25,33H,1,10-19H2,2-9H3/t21-,22+,23-,24-,25-,28-,29+,30+,31-/m0/s1. The number of allylic oxidation sites excluding steroid dienone is 1. The first kappa shape index (κ1) is 27.2. The number of ether oxygens (including phenoxy) is 2. The molecular weight excluding hydrogens is 436 g/mol. The Morgan fingerprint density at radius 1 is 1.00 bits per heavy atom. The van der Waals surface area contributed by atoms with E-state index in [2.05, 4.69) is 41.2 Å². The molecule has 4 rings (SSSR count). The van der Waals surface area contributed by atoms with Crippen molar-refractivity contribution in [1.29, 1.82) is 0 Å². The molecule has 1 saturated heterocycles. The lowest BCUT2D eigenvalue weighted by Crippen LogP contribution is -2.60. The van der Waals surface area contributed by atoms with Crippen LogP contribution in [-0.4, -0.2) is 35.5 Å². The molecule has 1 N–H and O–H groups in total. The van der Waals surface area contributed by atoms with Gasteiger partial charge in [-0.25, -0.2) is 0 Å². The van der Waals surface area contributed by atoms with Gasteiger partial charge in [-0.1, -0.05) is 32.9 Å². The third-order valence-electron chi connectivity index (χ3n) is 12.2. The van der Waals surface area contributed by atoms with Crippen LogP contribution in [0.4, 0.5) is 0 Å². The summed E-state index contributed by atoms with van der Waals surface area (Å²) in [6.07, 6.45) is 10.7. The lowest BCUT2D eigenvalue weighted by atomic mass is 9.38. The van der Waals surface area contributed by atoms with Crippen LogP contribution in [0.15, 0.2) is 12.2 Å². The summed E-state index contributed by atoms with van der Waals surface area (Å²) in [5.41, 5.74) is 0.933. The maximum atomic E-state index is 12.2. The number of hydrogen-bond donors (Lipinski definition) is 1. The van der Waals surface area contributed by atoms with E-state index < -0.39 is 5.60 Å². The Kier molecular flexibility index (Phi) is 6.88. The van der Waals surface area contributed by atoms with Gasteiger partial charge in [-0.05, 0) is 125 Å². The second-order valence-electron chi connectivity index (χ2n) is 14.3. The summed E-state index contributed by atoms with van der Waals surface area (Å²) in [6, 6.07) is 0. The van der Waals surface area contributed by atoms with E-state index in [1.54, 1.807) is 0 Å². The Morgan fingerprint density at radius 3 is 2.23 bits per heavy atom. The van der Waals surface area contributed by atoms with E-state index in [1.165, 1.54) is 51.2 Å². The van der Waals surface area contributed by atoms with Crippen LogP contribution in [0.1, 0.15) is 113 Å². The molecule has 200 valence electrons. The van der Waals surface area contributed by atoms with Gasteiger partial charge >= 0.3 is 5.97 Å². The minimum Gasteiger partial charge on any atom is -0.469 e. The molecule has 0 aromatic rings. The SMILES string of the molecule is C=C(C)[C@@H]1CC[C@]2(C)[C@@H](CC[C@@H]3[C@@H]([C@]4(C)CC[C@@H](C(C)(C)O)O4)CC[C@]32C)[C@@]1(C)CCC(=O)OC. The largest absolute Gasteiger partial charge is 0.469 e. The van der Waals surface area contributed by atoms with Crippen LogP contribution in [-0.2, 0) is 14.3 Å². The molecule has 35 heavy (non-hydrogen) atoms. The summed E-state index contributed by atoms with van der Waals surface area (Å²) >= 11 is 0. The highest BCUT2D eigenvalue weighted by Gasteiger charge is 2.68. The molecule has 4 heteroatoms. The zero-order chi connectivity index (χ0) is 26.0. The van der Waals surface area contributed by atoms with Crippen molar-refractivity contribution in [3.63, 3.8) is 0 Å². The van der Waals surface area contributed by atoms with Gasteiger partial charge in [0, 0.05) is 6.42 Å². The summed E-state index contributed by atoms with van der Waals surface area (Å²) in [6.45, 7) is 20.4. The van der Waals surface area contributed by atoms with Crippen molar-refractivity contribution in [2.24, 2.45) is 39.9 Å². The molecule has 0 bridgehead atoms. The Labute approximate surface area is 214 Å². The molecule has 0 amide bonds. The highest BCUT2D eigenvalue weighted by atomic mass is 16.5. The van der Waals surface area contributed by atoms with Crippen molar-refractivity contribution < 1.29 is 19.4 Å². The molecule has 3 saturated carbocycles. The van der Waals surface area contributed by atoms with E-state index in [0.29, 0.717) is 30.1 Å². The molecule has 0 unspecified atom stereocenters. The summed E-state index contributed by atoms with van der Waals surface area (Å²) in [5.74, 6) is 2.16. The van der Waals surface area contributed by atoms with E-state index in [4.69, 9.17) is 9.47 Å². The van der Waals surface area contributed by atoms with E-state index in [0.717, 1.165) is 19.3 Å². The third-order valence-corrected chi connectivity index (χ3v) is 12.2. The molecule has 1 heterocycles. The van der Waals surface area contributed by atoms with Crippen LogP contribution in [0.5, 0.6) is 0 Å². The number of hydrogen-bond acceptors (Lipinski definition) is 4. The van der Waals surface area contributed by atoms with E-state index in [9.17, 15) is 9.90 Å². The van der Waals surface area contributed by atoms with Gasteiger partial charge in [0.1, 0.15) is 0 Å². The van der Waals surface area contributed by atoms with Crippen LogP contribution in [0.2, 0.25) is 0 Å². The number of fused-ring (bicyclic) bond motifs is 3. The van der Waals surface area contributed by atoms with Gasteiger partial charge in [-0.15, -0.1) is 0 Å². The Morgan fingerprint density at radius 2 is 1.66 bits per heavy atom. The number of carbonyl (C=O) groups is 1. The first-order chi connectivity index (χ1) is 16.1. The van der Waals surface area contributed by atoms with Crippen molar-refractivity contribution in [3.05, 3.63) is 12.2 Å². The fourth-order valence-corrected chi connectivity index (χ4v) is 10.1. The van der Waals surface area contributed by atoms with Gasteiger partial charge in [0.25, 0.3) is 0 Å². The summed E-state index contributed by atoms with van der Waals surface area (Å²) in [7, 11) is 1.50. The molecule has 0 aromatic carbocycles. The Bertz CT molecular complexity index is 843. The quantitative estimate of drug-likeness (QED) is 0.320. The zero-order valence-corrected chi connectivity index (χ0v) is 23.8. The second-order valence-corrected chi connectivity index (χ2v) is 14.3. The van der Waals surface area contributed by atoms with Crippen LogP contribution in [0, 0.1) is 39.9 Å². The van der Waals surface area contributed by atoms with Crippen LogP contribution in [0.3, 0.4) is 0 Å². The number of rotatable bonds is 6. The van der Waals surface area contributed by atoms with Gasteiger partial charge in [-0.2, -0.15) is 0 Å². The van der Waals surface area contributed by atoms with Gasteiger partial charge < -0.3 is 14.6 Å². The average molecular weight is 489 g/mol. The predicted octanol–water partition coefficient (Wildman–Crippen LogP) is 7.09. The van der Waals surface area contributed by atoms with E-state index >= 15 is 0 Å². The molecule has 0 aromatic heterocycles. The summed E-state index contributed by atoms with van der Waals surface area (Å²) in [5, 5.41) is 10.6. The normalized spacial score (nSPS) is 47.7. The maximum absolute atomic E-state index is 12.2. The fourth-order valence-electron chi connectivity index (χ4n) is 10.1. The van der Waals surface area contributed by atoms with Crippen LogP contribution >= 0.6 is 0 Å². The molecule has 1 aliphatic heterocycles. The van der Waals surface area contributed by atoms with Gasteiger partial charge in [0.2, 0.25) is 0 Å². The number of methoxy groups -OCH3 is 1. The van der Waals surface area contributed by atoms with Crippen LogP contribution < -0.4 is 0 Å². The topological polar surface area (TPSA) is 55.8 Å². The fraction of sp³-hybridized carbons (Fsp3) is 0.903. The van der Waals surface area contributed by atoms with Gasteiger partial charge in [0.15, 0.2) is 0 Å². The first-order valence-corrected chi connectivity index (χ1v) is 14.2. The molecule has 4 fully saturated rings. The highest BCUT2D eigenvalue weighted by Crippen LogP contribution is 2.74. The molecule has 9 atom stereocenters. The number of aliphatic hydroxyl groups is 1. The molecule has 0 radical (unpaired) electrons. The summed E-state index contributed by atoms with van der Waals surface area (Å²) < 4.78 is 11.8. The molecule has 4 aliphatic rings. The van der Waals surface area contributed by atoms with Gasteiger partial charge in [-0.3, -0.25) is 4.79 Å². The van der Waals surface area contributed by atoms with Crippen LogP contribution in [0.25, 0.3) is 0 Å². The zero-order valence-electron chi connectivity index (χ0n) is 23.8. The second kappa shape index (κ2) is 8.86. The molecule has 4 nitrogen and oxygen atoms in total. The van der Waals surface area contributed by atoms with Crippen molar-refractivity contribution in [1.82, 2.24) is 0 Å². The molecule has 0 spiro atoms. The van der Waals surface area contributed by atoms with Gasteiger partial charge in [0.05, 0.1) is 24.4 Å². The van der Waals surface area contributed by atoms with Crippen molar-refractivity contribution >= 4 is 5.97 Å². The van der Waals surface area contributed by atoms with Crippen molar-refractivity contribution in [3.8, 4) is 0 Å². The lowest BCUT2D eigenvalue weighted by Gasteiger charge is -2.66. The highest BCUT2D eigenvalue weighted by molar-refractivity contribution is 5.69. The van der Waals surface area contributed by atoms with Crippen molar-refractivity contribution in [2.45, 2.75) is 130 Å². The monoisotopic (exact) mass is 488 g/mol. The predicted molar refractivity (Wildman–Crippen MR) is 141 cm³/mol. The average Bonchev–Trinajstić information content (AvgIpc) is 3.34.